The van der Waals surface area contributed by atoms with E-state index in [0.29, 0.717) is 17.4 Å². The minimum Gasteiger partial charge on any atom is -0.288 e. The highest BCUT2D eigenvalue weighted by molar-refractivity contribution is 9.10. The summed E-state index contributed by atoms with van der Waals surface area (Å²) >= 11 is 3.38. The van der Waals surface area contributed by atoms with Crippen LogP contribution in [0.25, 0.3) is 10.9 Å². The summed E-state index contributed by atoms with van der Waals surface area (Å²) in [5.41, 5.74) is 1.45. The van der Waals surface area contributed by atoms with E-state index in [4.69, 9.17) is 0 Å². The molecule has 0 saturated heterocycles. The Morgan fingerprint density at radius 2 is 2.04 bits per heavy atom. The number of aromatic nitrogens is 5. The molecular weight excluding hydrogens is 430 g/mol. The van der Waals surface area contributed by atoms with Crippen LogP contribution in [0.15, 0.2) is 53.3 Å². The molecule has 0 aliphatic heterocycles. The number of nitrogens with zero attached hydrogens (tertiary/aromatic N) is 5. The lowest BCUT2D eigenvalue weighted by Gasteiger charge is -2.01. The molecule has 0 saturated carbocycles. The van der Waals surface area contributed by atoms with Crippen LogP contribution in [-0.2, 0) is 6.54 Å². The molecule has 10 nitrogen and oxygen atoms in total. The first-order chi connectivity index (χ1) is 13.5. The quantitative estimate of drug-likeness (QED) is 0.361. The van der Waals surface area contributed by atoms with Crippen molar-refractivity contribution in [1.82, 2.24) is 25.0 Å². The van der Waals surface area contributed by atoms with Gasteiger partial charge in [0.05, 0.1) is 17.0 Å². The van der Waals surface area contributed by atoms with Crippen molar-refractivity contribution in [3.8, 4) is 0 Å². The van der Waals surface area contributed by atoms with E-state index in [1.165, 1.54) is 24.5 Å². The predicted molar refractivity (Wildman–Crippen MR) is 104 cm³/mol. The Hall–Kier alpha value is -3.60. The minimum atomic E-state index is -0.562. The lowest BCUT2D eigenvalue weighted by atomic mass is 10.2. The number of H-pyrrole nitrogens is 1. The van der Waals surface area contributed by atoms with E-state index in [2.05, 4.69) is 41.5 Å². The summed E-state index contributed by atoms with van der Waals surface area (Å²) in [5.74, 6) is -0.447. The Morgan fingerprint density at radius 1 is 1.25 bits per heavy atom. The van der Waals surface area contributed by atoms with Gasteiger partial charge in [-0.05, 0) is 23.8 Å². The second kappa shape index (κ2) is 7.19. The van der Waals surface area contributed by atoms with Crippen molar-refractivity contribution in [3.63, 3.8) is 0 Å². The number of fused-ring (bicyclic) bond motifs is 1. The number of nitrogens with one attached hydrogen (secondary N) is 2. The molecule has 4 aromatic rings. The molecule has 0 aliphatic rings. The number of amides is 1. The van der Waals surface area contributed by atoms with E-state index in [1.807, 2.05) is 24.3 Å². The maximum atomic E-state index is 12.5. The molecule has 2 aromatic heterocycles. The maximum Gasteiger partial charge on any atom is 0.279 e. The first kappa shape index (κ1) is 17.8. The second-order valence-electron chi connectivity index (χ2n) is 5.91. The number of carbonyl (C=O) groups excluding carboxylic acids is 1. The van der Waals surface area contributed by atoms with E-state index in [0.717, 1.165) is 10.0 Å². The van der Waals surface area contributed by atoms with Crippen LogP contribution in [0.2, 0.25) is 0 Å². The number of nitro groups is 1. The first-order valence-electron chi connectivity index (χ1n) is 8.07. The van der Waals surface area contributed by atoms with E-state index < -0.39 is 10.8 Å². The highest BCUT2D eigenvalue weighted by Crippen LogP contribution is 2.22. The number of hydrogen-bond acceptors (Lipinski definition) is 6. The van der Waals surface area contributed by atoms with Crippen molar-refractivity contribution in [2.24, 2.45) is 0 Å². The predicted octanol–water partition coefficient (Wildman–Crippen LogP) is 3.13. The molecule has 2 aromatic carbocycles. The number of benzene rings is 2. The van der Waals surface area contributed by atoms with Crippen LogP contribution in [0.4, 0.5) is 11.6 Å². The van der Waals surface area contributed by atoms with Crippen molar-refractivity contribution >= 4 is 44.4 Å². The van der Waals surface area contributed by atoms with Crippen LogP contribution in [0.1, 0.15) is 16.1 Å². The summed E-state index contributed by atoms with van der Waals surface area (Å²) in [5, 5.41) is 24.7. The number of anilines is 1. The molecule has 1 amide bonds. The smallest absolute Gasteiger partial charge is 0.279 e. The number of carbonyl (C=O) groups is 1. The number of aromatic amines is 1. The second-order valence-corrected chi connectivity index (χ2v) is 6.82. The average molecular weight is 442 g/mol. The fraction of sp³-hybridized carbons (Fsp3) is 0.0588. The van der Waals surface area contributed by atoms with E-state index in [9.17, 15) is 14.9 Å². The fourth-order valence-electron chi connectivity index (χ4n) is 2.65. The molecule has 0 radical (unpaired) electrons. The van der Waals surface area contributed by atoms with E-state index in [-0.39, 0.29) is 17.3 Å². The van der Waals surface area contributed by atoms with Crippen LogP contribution in [-0.4, -0.2) is 35.8 Å². The Morgan fingerprint density at radius 3 is 2.79 bits per heavy atom. The van der Waals surface area contributed by atoms with Crippen LogP contribution in [0.5, 0.6) is 0 Å². The summed E-state index contributed by atoms with van der Waals surface area (Å²) in [4.78, 5) is 27.0. The molecule has 0 atom stereocenters. The number of halogens is 1. The van der Waals surface area contributed by atoms with E-state index in [1.54, 1.807) is 4.68 Å². The zero-order valence-electron chi connectivity index (χ0n) is 14.2. The van der Waals surface area contributed by atoms with Crippen molar-refractivity contribution in [1.29, 1.82) is 0 Å². The van der Waals surface area contributed by atoms with Crippen LogP contribution in [0.3, 0.4) is 0 Å². The Labute approximate surface area is 165 Å². The van der Waals surface area contributed by atoms with Gasteiger partial charge in [0.25, 0.3) is 11.6 Å². The standard InChI is InChI=1S/C17H12BrN7O3/c18-11-3-1-10(2-4-11)8-24-9-19-17(23-24)20-16(26)15-13-7-12(25(27)28)5-6-14(13)21-22-15/h1-7,9H,8H2,(H,21,22)(H,20,23,26). The molecule has 0 aliphatic carbocycles. The van der Waals surface area contributed by atoms with Gasteiger partial charge in [-0.2, -0.15) is 5.10 Å². The topological polar surface area (TPSA) is 132 Å². The summed E-state index contributed by atoms with van der Waals surface area (Å²) in [7, 11) is 0. The highest BCUT2D eigenvalue weighted by atomic mass is 79.9. The lowest BCUT2D eigenvalue weighted by Crippen LogP contribution is -2.14. The molecule has 140 valence electrons. The van der Waals surface area contributed by atoms with Gasteiger partial charge in [0.15, 0.2) is 5.69 Å². The van der Waals surface area contributed by atoms with Crippen LogP contribution >= 0.6 is 15.9 Å². The third-order valence-electron chi connectivity index (χ3n) is 3.99. The number of rotatable bonds is 5. The van der Waals surface area contributed by atoms with Crippen LogP contribution < -0.4 is 5.32 Å². The van der Waals surface area contributed by atoms with Gasteiger partial charge in [-0.25, -0.2) is 9.67 Å². The van der Waals surface area contributed by atoms with Gasteiger partial charge in [-0.1, -0.05) is 28.1 Å². The molecule has 11 heteroatoms. The molecular formula is C17H12BrN7O3. The Balaban J connectivity index is 1.52. The van der Waals surface area contributed by atoms with Crippen molar-refractivity contribution < 1.29 is 9.72 Å². The molecule has 0 bridgehead atoms. The van der Waals surface area contributed by atoms with Gasteiger partial charge in [-0.15, -0.1) is 5.10 Å². The zero-order valence-corrected chi connectivity index (χ0v) is 15.8. The normalized spacial score (nSPS) is 10.9. The number of non-ortho nitro benzene ring substituents is 1. The summed E-state index contributed by atoms with van der Waals surface area (Å²) in [6.45, 7) is 0.494. The third-order valence-corrected chi connectivity index (χ3v) is 4.52. The van der Waals surface area contributed by atoms with Crippen molar-refractivity contribution in [2.45, 2.75) is 6.54 Å². The van der Waals surface area contributed by atoms with Gasteiger partial charge in [0, 0.05) is 22.0 Å². The van der Waals surface area contributed by atoms with Gasteiger partial charge < -0.3 is 0 Å². The molecule has 4 rings (SSSR count). The fourth-order valence-corrected chi connectivity index (χ4v) is 2.92. The van der Waals surface area contributed by atoms with Crippen molar-refractivity contribution in [2.75, 3.05) is 5.32 Å². The molecule has 0 fully saturated rings. The lowest BCUT2D eigenvalue weighted by molar-refractivity contribution is -0.384. The largest absolute Gasteiger partial charge is 0.288 e. The Bertz CT molecular complexity index is 1180. The monoisotopic (exact) mass is 441 g/mol. The van der Waals surface area contributed by atoms with Gasteiger partial charge in [0.1, 0.15) is 6.33 Å². The average Bonchev–Trinajstić information content (AvgIpc) is 3.29. The number of hydrogen-bond donors (Lipinski definition) is 2. The van der Waals surface area contributed by atoms with Gasteiger partial charge in [0.2, 0.25) is 5.95 Å². The molecule has 0 spiro atoms. The highest BCUT2D eigenvalue weighted by Gasteiger charge is 2.18. The maximum absolute atomic E-state index is 12.5. The zero-order chi connectivity index (χ0) is 19.7. The molecule has 2 N–H and O–H groups in total. The molecule has 2 heterocycles. The van der Waals surface area contributed by atoms with E-state index >= 15 is 0 Å². The summed E-state index contributed by atoms with van der Waals surface area (Å²) < 4.78 is 2.57. The number of nitro benzene ring substituents is 1. The van der Waals surface area contributed by atoms with Gasteiger partial charge >= 0.3 is 0 Å². The first-order valence-corrected chi connectivity index (χ1v) is 8.86. The molecule has 28 heavy (non-hydrogen) atoms. The minimum absolute atomic E-state index is 0.0305. The molecule has 0 unspecified atom stereocenters. The third kappa shape index (κ3) is 3.60. The summed E-state index contributed by atoms with van der Waals surface area (Å²) in [6, 6.07) is 11.9. The summed E-state index contributed by atoms with van der Waals surface area (Å²) in [6.07, 6.45) is 1.51. The van der Waals surface area contributed by atoms with Gasteiger partial charge in [-0.3, -0.25) is 25.3 Å². The SMILES string of the molecule is O=C(Nc1ncn(Cc2ccc(Br)cc2)n1)c1n[nH]c2ccc([N+](=O)[O-])cc12. The Kier molecular flexibility index (Phi) is 4.57. The van der Waals surface area contributed by atoms with Crippen molar-refractivity contribution in [3.05, 3.63) is 74.6 Å². The van der Waals surface area contributed by atoms with Crippen LogP contribution in [0, 0.1) is 10.1 Å².